The third-order valence-electron chi connectivity index (χ3n) is 4.35. The highest BCUT2D eigenvalue weighted by atomic mass is 16.6. The molecule has 0 saturated heterocycles. The second kappa shape index (κ2) is 7.78. The van der Waals surface area contributed by atoms with E-state index >= 15 is 0 Å². The van der Waals surface area contributed by atoms with Crippen LogP contribution in [-0.2, 0) is 4.79 Å². The van der Waals surface area contributed by atoms with Crippen LogP contribution in [0.1, 0.15) is 30.4 Å². The first-order valence-electron chi connectivity index (χ1n) is 8.41. The number of Topliss-reactive ketones (excluding diaryl/α,β-unsaturated/α-hetero) is 1. The number of nitro groups is 1. The molecule has 1 fully saturated rings. The first-order valence-corrected chi connectivity index (χ1v) is 8.41. The number of methoxy groups -OCH3 is 1. The van der Waals surface area contributed by atoms with Crippen LogP contribution in [0, 0.1) is 10.1 Å². The van der Waals surface area contributed by atoms with Gasteiger partial charge in [0.2, 0.25) is 0 Å². The summed E-state index contributed by atoms with van der Waals surface area (Å²) in [6.07, 6.45) is 5.96. The quantitative estimate of drug-likeness (QED) is 0.451. The smallest absolute Gasteiger partial charge is 0.270 e. The molecule has 0 N–H and O–H groups in total. The lowest BCUT2D eigenvalue weighted by molar-refractivity contribution is -0.384. The van der Waals surface area contributed by atoms with E-state index in [2.05, 4.69) is 0 Å². The average Bonchev–Trinajstić information content (AvgIpc) is 2.66. The molecule has 0 bridgehead atoms. The summed E-state index contributed by atoms with van der Waals surface area (Å²) in [4.78, 5) is 23.3. The summed E-state index contributed by atoms with van der Waals surface area (Å²) in [5.74, 6) is 0.784. The standard InChI is InChI=1S/C21H19NO4/c1-26-20-10-8-15(9-11-20)12-17-5-3-6-18(21(17)23)13-16-4-2-7-19(14-16)22(24)25/h2,4,7-14H,3,5-6H2,1H3/b17-12+,18-13+. The van der Waals surface area contributed by atoms with Crippen molar-refractivity contribution in [2.75, 3.05) is 7.11 Å². The number of hydrogen-bond acceptors (Lipinski definition) is 4. The Morgan fingerprint density at radius 2 is 1.65 bits per heavy atom. The molecule has 1 saturated carbocycles. The molecule has 2 aromatic rings. The zero-order valence-electron chi connectivity index (χ0n) is 14.5. The minimum Gasteiger partial charge on any atom is -0.497 e. The number of ketones is 1. The van der Waals surface area contributed by atoms with Gasteiger partial charge in [0.25, 0.3) is 5.69 Å². The van der Waals surface area contributed by atoms with Crippen molar-refractivity contribution in [2.24, 2.45) is 0 Å². The number of nitro benzene ring substituents is 1. The molecular weight excluding hydrogens is 330 g/mol. The number of carbonyl (C=O) groups is 1. The van der Waals surface area contributed by atoms with E-state index < -0.39 is 4.92 Å². The van der Waals surface area contributed by atoms with Crippen molar-refractivity contribution >= 4 is 23.6 Å². The molecule has 1 aliphatic rings. The Morgan fingerprint density at radius 1 is 1.00 bits per heavy atom. The van der Waals surface area contributed by atoms with Gasteiger partial charge in [-0.15, -0.1) is 0 Å². The zero-order chi connectivity index (χ0) is 18.5. The Morgan fingerprint density at radius 3 is 2.27 bits per heavy atom. The van der Waals surface area contributed by atoms with Crippen molar-refractivity contribution in [1.29, 1.82) is 0 Å². The minimum atomic E-state index is -0.431. The van der Waals surface area contributed by atoms with Crippen LogP contribution < -0.4 is 4.74 Å². The van der Waals surface area contributed by atoms with Gasteiger partial charge in [0.1, 0.15) is 5.75 Å². The molecule has 3 rings (SSSR count). The molecule has 5 heteroatoms. The van der Waals surface area contributed by atoms with E-state index in [0.717, 1.165) is 29.7 Å². The van der Waals surface area contributed by atoms with E-state index in [-0.39, 0.29) is 11.5 Å². The highest BCUT2D eigenvalue weighted by Gasteiger charge is 2.20. The second-order valence-electron chi connectivity index (χ2n) is 6.15. The molecule has 2 aromatic carbocycles. The molecular formula is C21H19NO4. The number of non-ortho nitro benzene ring substituents is 1. The molecule has 0 atom stereocenters. The molecule has 0 unspecified atom stereocenters. The van der Waals surface area contributed by atoms with E-state index in [1.807, 2.05) is 30.3 Å². The zero-order valence-corrected chi connectivity index (χ0v) is 14.5. The lowest BCUT2D eigenvalue weighted by Gasteiger charge is -2.16. The number of hydrogen-bond donors (Lipinski definition) is 0. The number of ether oxygens (including phenoxy) is 1. The fourth-order valence-electron chi connectivity index (χ4n) is 3.01. The van der Waals surface area contributed by atoms with Gasteiger partial charge < -0.3 is 4.74 Å². The lowest BCUT2D eigenvalue weighted by atomic mass is 9.87. The summed E-state index contributed by atoms with van der Waals surface area (Å²) >= 11 is 0. The number of rotatable bonds is 4. The Balaban J connectivity index is 1.86. The maximum Gasteiger partial charge on any atom is 0.270 e. The van der Waals surface area contributed by atoms with Crippen LogP contribution in [0.2, 0.25) is 0 Å². The van der Waals surface area contributed by atoms with E-state index in [9.17, 15) is 14.9 Å². The van der Waals surface area contributed by atoms with Gasteiger partial charge in [-0.3, -0.25) is 14.9 Å². The van der Waals surface area contributed by atoms with Crippen molar-refractivity contribution in [3.05, 3.63) is 80.9 Å². The van der Waals surface area contributed by atoms with Crippen LogP contribution in [0.3, 0.4) is 0 Å². The highest BCUT2D eigenvalue weighted by molar-refractivity contribution is 6.14. The highest BCUT2D eigenvalue weighted by Crippen LogP contribution is 2.29. The Bertz CT molecular complexity index is 894. The Hall–Kier alpha value is -3.21. The first kappa shape index (κ1) is 17.6. The normalized spacial score (nSPS) is 17.5. The fourth-order valence-corrected chi connectivity index (χ4v) is 3.01. The number of nitrogens with zero attached hydrogens (tertiary/aromatic N) is 1. The van der Waals surface area contributed by atoms with Crippen LogP contribution in [0.25, 0.3) is 12.2 Å². The van der Waals surface area contributed by atoms with Crippen molar-refractivity contribution in [2.45, 2.75) is 19.3 Å². The van der Waals surface area contributed by atoms with E-state index in [1.54, 1.807) is 25.3 Å². The van der Waals surface area contributed by atoms with Crippen LogP contribution in [0.4, 0.5) is 5.69 Å². The summed E-state index contributed by atoms with van der Waals surface area (Å²) in [7, 11) is 1.61. The maximum atomic E-state index is 12.8. The second-order valence-corrected chi connectivity index (χ2v) is 6.15. The molecule has 0 radical (unpaired) electrons. The van der Waals surface area contributed by atoms with Gasteiger partial charge in [-0.05, 0) is 54.7 Å². The van der Waals surface area contributed by atoms with Gasteiger partial charge in [0.15, 0.2) is 5.78 Å². The number of benzene rings is 2. The maximum absolute atomic E-state index is 12.8. The van der Waals surface area contributed by atoms with Gasteiger partial charge in [-0.1, -0.05) is 24.3 Å². The first-order chi connectivity index (χ1) is 12.6. The monoisotopic (exact) mass is 349 g/mol. The van der Waals surface area contributed by atoms with E-state index in [1.165, 1.54) is 12.1 Å². The van der Waals surface area contributed by atoms with Crippen molar-refractivity contribution in [3.8, 4) is 5.75 Å². The third-order valence-corrected chi connectivity index (χ3v) is 4.35. The average molecular weight is 349 g/mol. The molecule has 0 spiro atoms. The summed E-state index contributed by atoms with van der Waals surface area (Å²) < 4.78 is 5.15. The van der Waals surface area contributed by atoms with Crippen LogP contribution >= 0.6 is 0 Å². The van der Waals surface area contributed by atoms with Gasteiger partial charge in [-0.25, -0.2) is 0 Å². The summed E-state index contributed by atoms with van der Waals surface area (Å²) in [6.45, 7) is 0. The Labute approximate surface area is 151 Å². The minimum absolute atomic E-state index is 0.0126. The summed E-state index contributed by atoms with van der Waals surface area (Å²) in [5, 5.41) is 10.9. The van der Waals surface area contributed by atoms with Crippen LogP contribution in [-0.4, -0.2) is 17.8 Å². The summed E-state index contributed by atoms with van der Waals surface area (Å²) in [5.41, 5.74) is 3.10. The van der Waals surface area contributed by atoms with E-state index in [4.69, 9.17) is 4.74 Å². The molecule has 26 heavy (non-hydrogen) atoms. The van der Waals surface area contributed by atoms with Crippen LogP contribution in [0.15, 0.2) is 59.7 Å². The van der Waals surface area contributed by atoms with Gasteiger partial charge >= 0.3 is 0 Å². The van der Waals surface area contributed by atoms with Crippen molar-refractivity contribution < 1.29 is 14.5 Å². The van der Waals surface area contributed by atoms with Gasteiger partial charge in [0.05, 0.1) is 12.0 Å². The lowest BCUT2D eigenvalue weighted by Crippen LogP contribution is -2.12. The molecule has 1 aliphatic carbocycles. The van der Waals surface area contributed by atoms with Crippen LogP contribution in [0.5, 0.6) is 5.75 Å². The van der Waals surface area contributed by atoms with E-state index in [0.29, 0.717) is 17.6 Å². The molecule has 0 aliphatic heterocycles. The molecule has 5 nitrogen and oxygen atoms in total. The van der Waals surface area contributed by atoms with Gasteiger partial charge in [0, 0.05) is 23.3 Å². The fraction of sp³-hybridized carbons (Fsp3) is 0.190. The SMILES string of the molecule is COc1ccc(/C=C2\CCC/C(=C\c3cccc([N+](=O)[O-])c3)C2=O)cc1. The molecule has 132 valence electrons. The predicted molar refractivity (Wildman–Crippen MR) is 101 cm³/mol. The predicted octanol–water partition coefficient (Wildman–Crippen LogP) is 4.82. The van der Waals surface area contributed by atoms with Gasteiger partial charge in [-0.2, -0.15) is 0 Å². The van der Waals surface area contributed by atoms with Crippen molar-refractivity contribution in [3.63, 3.8) is 0 Å². The number of allylic oxidation sites excluding steroid dienone is 2. The molecule has 0 aromatic heterocycles. The molecule has 0 amide bonds. The Kier molecular flexibility index (Phi) is 5.27. The molecule has 0 heterocycles. The number of carbonyl (C=O) groups excluding carboxylic acids is 1. The summed E-state index contributed by atoms with van der Waals surface area (Å²) in [6, 6.07) is 13.9. The van der Waals surface area contributed by atoms with Crippen molar-refractivity contribution in [1.82, 2.24) is 0 Å². The third kappa shape index (κ3) is 4.06. The topological polar surface area (TPSA) is 69.4 Å². The largest absolute Gasteiger partial charge is 0.497 e.